The molecule has 0 aliphatic heterocycles. The lowest BCUT2D eigenvalue weighted by atomic mass is 9.56. The standard InChI is InChI=1S/C20H26O2/c1-11-12(2)19-13(10-17(11)21)4-5-14-15(19)8-9-20(3)16(14)6-7-18(20)22/h4-5,10,14-16,18,21-22H,6-9H2,1-3H3/t14-,15+,16+,18+,20+/m1/s1. The summed E-state index contributed by atoms with van der Waals surface area (Å²) in [6.45, 7) is 6.47. The van der Waals surface area contributed by atoms with Crippen LogP contribution in [-0.2, 0) is 0 Å². The molecule has 0 unspecified atom stereocenters. The van der Waals surface area contributed by atoms with Gasteiger partial charge in [-0.25, -0.2) is 0 Å². The van der Waals surface area contributed by atoms with Crippen LogP contribution < -0.4 is 0 Å². The van der Waals surface area contributed by atoms with Gasteiger partial charge in [0.05, 0.1) is 6.10 Å². The first-order valence-corrected chi connectivity index (χ1v) is 8.63. The third kappa shape index (κ3) is 1.70. The average molecular weight is 298 g/mol. The van der Waals surface area contributed by atoms with Gasteiger partial charge in [-0.05, 0) is 91.0 Å². The van der Waals surface area contributed by atoms with Gasteiger partial charge in [0.2, 0.25) is 0 Å². The highest BCUT2D eigenvalue weighted by atomic mass is 16.3. The average Bonchev–Trinajstić information content (AvgIpc) is 2.80. The van der Waals surface area contributed by atoms with Crippen LogP contribution in [0.4, 0.5) is 0 Å². The van der Waals surface area contributed by atoms with Gasteiger partial charge < -0.3 is 10.2 Å². The van der Waals surface area contributed by atoms with Crippen LogP contribution in [0.25, 0.3) is 6.08 Å². The van der Waals surface area contributed by atoms with Crippen molar-refractivity contribution in [2.45, 2.75) is 58.5 Å². The fourth-order valence-corrected chi connectivity index (χ4v) is 5.56. The number of allylic oxidation sites excluding steroid dienone is 1. The van der Waals surface area contributed by atoms with Crippen LogP contribution in [0.15, 0.2) is 12.1 Å². The number of fused-ring (bicyclic) bond motifs is 5. The highest BCUT2D eigenvalue weighted by molar-refractivity contribution is 5.65. The smallest absolute Gasteiger partial charge is 0.119 e. The number of hydrogen-bond donors (Lipinski definition) is 2. The topological polar surface area (TPSA) is 40.5 Å². The maximum Gasteiger partial charge on any atom is 0.119 e. The van der Waals surface area contributed by atoms with Crippen LogP contribution in [-0.4, -0.2) is 16.3 Å². The summed E-state index contributed by atoms with van der Waals surface area (Å²) in [6, 6.07) is 1.93. The molecule has 2 heteroatoms. The molecule has 2 fully saturated rings. The molecule has 2 N–H and O–H groups in total. The van der Waals surface area contributed by atoms with Gasteiger partial charge in [0.1, 0.15) is 5.75 Å². The first-order chi connectivity index (χ1) is 10.4. The molecular formula is C20H26O2. The second-order valence-corrected chi connectivity index (χ2v) is 7.94. The normalized spacial score (nSPS) is 39.3. The Morgan fingerprint density at radius 2 is 1.91 bits per heavy atom. The monoisotopic (exact) mass is 298 g/mol. The van der Waals surface area contributed by atoms with Crippen molar-refractivity contribution >= 4 is 6.08 Å². The highest BCUT2D eigenvalue weighted by Crippen LogP contribution is 2.60. The molecule has 5 atom stereocenters. The number of aliphatic hydroxyl groups excluding tert-OH is 1. The molecule has 0 bridgehead atoms. The van der Waals surface area contributed by atoms with Gasteiger partial charge in [-0.3, -0.25) is 0 Å². The first kappa shape index (κ1) is 14.3. The van der Waals surface area contributed by atoms with Crippen LogP contribution in [0.5, 0.6) is 5.75 Å². The summed E-state index contributed by atoms with van der Waals surface area (Å²) in [6.07, 6.45) is 8.81. The maximum absolute atomic E-state index is 10.4. The van der Waals surface area contributed by atoms with Gasteiger partial charge in [-0.2, -0.15) is 0 Å². The minimum absolute atomic E-state index is 0.100. The fraction of sp³-hybridized carbons (Fsp3) is 0.600. The van der Waals surface area contributed by atoms with Crippen molar-refractivity contribution in [2.75, 3.05) is 0 Å². The molecule has 1 aromatic rings. The predicted octanol–water partition coefficient (Wildman–Crippen LogP) is 4.31. The predicted molar refractivity (Wildman–Crippen MR) is 88.9 cm³/mol. The minimum atomic E-state index is -0.129. The highest BCUT2D eigenvalue weighted by Gasteiger charge is 2.53. The molecule has 3 aliphatic carbocycles. The van der Waals surface area contributed by atoms with Crippen molar-refractivity contribution in [1.82, 2.24) is 0 Å². The molecule has 1 aromatic carbocycles. The SMILES string of the molecule is Cc1c(O)cc2c(c1C)[C@H]1CC[C@]3(C)[C@@H](O)CC[C@H]3[C@@H]1C=C2. The van der Waals surface area contributed by atoms with Gasteiger partial charge >= 0.3 is 0 Å². The van der Waals surface area contributed by atoms with Crippen LogP contribution in [0.3, 0.4) is 0 Å². The van der Waals surface area contributed by atoms with Crippen molar-refractivity contribution in [1.29, 1.82) is 0 Å². The zero-order valence-electron chi connectivity index (χ0n) is 13.8. The Balaban J connectivity index is 1.81. The largest absolute Gasteiger partial charge is 0.508 e. The van der Waals surface area contributed by atoms with Crippen molar-refractivity contribution in [3.63, 3.8) is 0 Å². The molecule has 0 heterocycles. The minimum Gasteiger partial charge on any atom is -0.508 e. The summed E-state index contributed by atoms with van der Waals surface area (Å²) < 4.78 is 0. The summed E-state index contributed by atoms with van der Waals surface area (Å²) in [5.41, 5.74) is 5.03. The summed E-state index contributed by atoms with van der Waals surface area (Å²) >= 11 is 0. The van der Waals surface area contributed by atoms with E-state index in [2.05, 4.69) is 26.0 Å². The molecule has 118 valence electrons. The van der Waals surface area contributed by atoms with E-state index in [1.54, 1.807) is 0 Å². The Kier molecular flexibility index (Phi) is 3.00. The lowest BCUT2D eigenvalue weighted by Crippen LogP contribution is -2.42. The summed E-state index contributed by atoms with van der Waals surface area (Å²) in [5.74, 6) is 2.11. The molecule has 4 rings (SSSR count). The summed E-state index contributed by atoms with van der Waals surface area (Å²) in [5, 5.41) is 20.6. The third-order valence-corrected chi connectivity index (χ3v) is 7.11. The molecule has 22 heavy (non-hydrogen) atoms. The van der Waals surface area contributed by atoms with Crippen LogP contribution >= 0.6 is 0 Å². The number of aliphatic hydroxyl groups is 1. The van der Waals surface area contributed by atoms with Crippen molar-refractivity contribution in [3.05, 3.63) is 34.4 Å². The zero-order chi connectivity index (χ0) is 15.6. The van der Waals surface area contributed by atoms with Gasteiger partial charge in [0.25, 0.3) is 0 Å². The molecule has 2 saturated carbocycles. The third-order valence-electron chi connectivity index (χ3n) is 7.11. The molecule has 0 amide bonds. The Hall–Kier alpha value is -1.28. The fourth-order valence-electron chi connectivity index (χ4n) is 5.56. The second-order valence-electron chi connectivity index (χ2n) is 7.94. The van der Waals surface area contributed by atoms with Gasteiger partial charge in [0.15, 0.2) is 0 Å². The first-order valence-electron chi connectivity index (χ1n) is 8.63. The van der Waals surface area contributed by atoms with E-state index in [0.717, 1.165) is 31.2 Å². The van der Waals surface area contributed by atoms with E-state index in [4.69, 9.17) is 0 Å². The van der Waals surface area contributed by atoms with Gasteiger partial charge in [0, 0.05) is 0 Å². The van der Waals surface area contributed by atoms with E-state index in [0.29, 0.717) is 23.5 Å². The molecule has 0 spiro atoms. The van der Waals surface area contributed by atoms with Crippen molar-refractivity contribution in [2.24, 2.45) is 17.3 Å². The molecule has 0 aromatic heterocycles. The van der Waals surface area contributed by atoms with E-state index in [1.165, 1.54) is 16.7 Å². The molecule has 0 saturated heterocycles. The Morgan fingerprint density at radius 1 is 1.14 bits per heavy atom. The molecular weight excluding hydrogens is 272 g/mol. The number of aromatic hydroxyl groups is 1. The molecule has 2 nitrogen and oxygen atoms in total. The van der Waals surface area contributed by atoms with Gasteiger partial charge in [-0.1, -0.05) is 19.1 Å². The van der Waals surface area contributed by atoms with E-state index in [-0.39, 0.29) is 11.5 Å². The van der Waals surface area contributed by atoms with Crippen molar-refractivity contribution in [3.8, 4) is 5.75 Å². The Labute approximate surface area is 132 Å². The second kappa shape index (κ2) is 4.61. The van der Waals surface area contributed by atoms with Crippen molar-refractivity contribution < 1.29 is 10.2 Å². The number of rotatable bonds is 0. The summed E-state index contributed by atoms with van der Waals surface area (Å²) in [7, 11) is 0. The number of phenolic OH excluding ortho intramolecular Hbond substituents is 1. The van der Waals surface area contributed by atoms with Crippen LogP contribution in [0, 0.1) is 31.1 Å². The molecule has 3 aliphatic rings. The van der Waals surface area contributed by atoms with Crippen LogP contribution in [0.1, 0.15) is 60.8 Å². The van der Waals surface area contributed by atoms with Gasteiger partial charge in [-0.15, -0.1) is 0 Å². The zero-order valence-corrected chi connectivity index (χ0v) is 13.8. The molecule has 0 radical (unpaired) electrons. The van der Waals surface area contributed by atoms with Crippen LogP contribution in [0.2, 0.25) is 0 Å². The number of hydrogen-bond acceptors (Lipinski definition) is 2. The Bertz CT molecular complexity index is 660. The van der Waals surface area contributed by atoms with E-state index in [9.17, 15) is 10.2 Å². The van der Waals surface area contributed by atoms with E-state index in [1.807, 2.05) is 13.0 Å². The lowest BCUT2D eigenvalue weighted by Gasteiger charge is -2.48. The Morgan fingerprint density at radius 3 is 2.68 bits per heavy atom. The number of phenols is 1. The number of benzene rings is 1. The quantitative estimate of drug-likeness (QED) is 0.749. The van der Waals surface area contributed by atoms with E-state index >= 15 is 0 Å². The lowest BCUT2D eigenvalue weighted by molar-refractivity contribution is -0.00804. The maximum atomic E-state index is 10.4. The van der Waals surface area contributed by atoms with E-state index < -0.39 is 0 Å². The summed E-state index contributed by atoms with van der Waals surface area (Å²) in [4.78, 5) is 0.